The molecule has 0 saturated heterocycles. The second-order valence-electron chi connectivity index (χ2n) is 5.88. The molecule has 12 nitrogen and oxygen atoms in total. The molecule has 0 saturated carbocycles. The third-order valence-electron chi connectivity index (χ3n) is 3.88. The maximum absolute atomic E-state index is 12.1. The standard InChI is InChI=1S/C16H23N7O5/c1-18-16(28)11(4-2-3-8-19-13(25)10-20-22-17)21-12(24)7-9-23-14(26)5-6-15(23)27/h5-6,11H,2-4,7-10H2,1H3,(H,18,28)(H,19,25)(H,21,24)/t11-/m0/s1. The van der Waals surface area contributed by atoms with Crippen molar-refractivity contribution in [1.82, 2.24) is 20.9 Å². The zero-order chi connectivity index (χ0) is 20.9. The normalized spacial score (nSPS) is 13.7. The smallest absolute Gasteiger partial charge is 0.253 e. The molecule has 12 heteroatoms. The zero-order valence-electron chi connectivity index (χ0n) is 15.5. The van der Waals surface area contributed by atoms with Crippen LogP contribution in [-0.4, -0.2) is 67.2 Å². The number of carbonyl (C=O) groups is 5. The van der Waals surface area contributed by atoms with Gasteiger partial charge in [0, 0.05) is 43.6 Å². The molecule has 1 rings (SSSR count). The molecule has 0 bridgehead atoms. The number of rotatable bonds is 12. The van der Waals surface area contributed by atoms with Crippen LogP contribution in [0.1, 0.15) is 25.7 Å². The predicted octanol–water partition coefficient (Wildman–Crippen LogP) is -0.871. The first-order valence-corrected chi connectivity index (χ1v) is 8.71. The van der Waals surface area contributed by atoms with Gasteiger partial charge in [-0.2, -0.15) is 0 Å². The summed E-state index contributed by atoms with van der Waals surface area (Å²) in [5.74, 6) is -2.15. The van der Waals surface area contributed by atoms with Gasteiger partial charge in [0.15, 0.2) is 0 Å². The van der Waals surface area contributed by atoms with Crippen LogP contribution in [0, 0.1) is 0 Å². The fourth-order valence-electron chi connectivity index (χ4n) is 2.43. The Hall–Kier alpha value is -3.40. The maximum Gasteiger partial charge on any atom is 0.253 e. The molecule has 3 N–H and O–H groups in total. The van der Waals surface area contributed by atoms with Crippen molar-refractivity contribution in [2.45, 2.75) is 31.7 Å². The Morgan fingerprint density at radius 3 is 2.46 bits per heavy atom. The summed E-state index contributed by atoms with van der Waals surface area (Å²) in [6.07, 6.45) is 3.63. The van der Waals surface area contributed by atoms with Crippen molar-refractivity contribution in [1.29, 1.82) is 0 Å². The summed E-state index contributed by atoms with van der Waals surface area (Å²) in [4.78, 5) is 61.6. The van der Waals surface area contributed by atoms with Crippen molar-refractivity contribution < 1.29 is 24.0 Å². The van der Waals surface area contributed by atoms with Crippen LogP contribution in [0.4, 0.5) is 0 Å². The van der Waals surface area contributed by atoms with Crippen molar-refractivity contribution in [2.75, 3.05) is 26.7 Å². The quantitative estimate of drug-likeness (QED) is 0.128. The molecule has 1 heterocycles. The van der Waals surface area contributed by atoms with E-state index in [1.54, 1.807) is 0 Å². The molecule has 0 unspecified atom stereocenters. The molecule has 1 aliphatic rings. The molecule has 152 valence electrons. The molecule has 0 aliphatic carbocycles. The minimum absolute atomic E-state index is 0.0613. The Bertz CT molecular complexity index is 681. The van der Waals surface area contributed by atoms with Gasteiger partial charge in [-0.25, -0.2) is 0 Å². The number of unbranched alkanes of at least 4 members (excludes halogenated alkanes) is 1. The van der Waals surface area contributed by atoms with Gasteiger partial charge in [-0.1, -0.05) is 5.11 Å². The van der Waals surface area contributed by atoms with Crippen molar-refractivity contribution in [2.24, 2.45) is 5.11 Å². The number of amides is 5. The Labute approximate surface area is 161 Å². The molecule has 0 fully saturated rings. The third kappa shape index (κ3) is 7.87. The van der Waals surface area contributed by atoms with Gasteiger partial charge in [0.2, 0.25) is 17.7 Å². The van der Waals surface area contributed by atoms with Crippen LogP contribution in [0.25, 0.3) is 10.4 Å². The third-order valence-corrected chi connectivity index (χ3v) is 3.88. The minimum atomic E-state index is -0.764. The highest BCUT2D eigenvalue weighted by Crippen LogP contribution is 2.05. The largest absolute Gasteiger partial charge is 0.357 e. The molecule has 1 aliphatic heterocycles. The van der Waals surface area contributed by atoms with Gasteiger partial charge in [0.05, 0.1) is 0 Å². The van der Waals surface area contributed by atoms with Crippen LogP contribution in [0.15, 0.2) is 17.3 Å². The number of hydrogen-bond donors (Lipinski definition) is 3. The Morgan fingerprint density at radius 1 is 1.18 bits per heavy atom. The van der Waals surface area contributed by atoms with E-state index in [2.05, 4.69) is 26.0 Å². The number of nitrogens with one attached hydrogen (secondary N) is 3. The Balaban J connectivity index is 2.35. The van der Waals surface area contributed by atoms with Gasteiger partial charge in [-0.05, 0) is 24.8 Å². The van der Waals surface area contributed by atoms with Gasteiger partial charge in [-0.15, -0.1) is 0 Å². The average Bonchev–Trinajstić information content (AvgIpc) is 3.00. The minimum Gasteiger partial charge on any atom is -0.357 e. The van der Waals surface area contributed by atoms with Gasteiger partial charge >= 0.3 is 0 Å². The van der Waals surface area contributed by atoms with Crippen LogP contribution in [0.3, 0.4) is 0 Å². The first kappa shape index (κ1) is 22.6. The second-order valence-corrected chi connectivity index (χ2v) is 5.88. The molecule has 0 spiro atoms. The highest BCUT2D eigenvalue weighted by Gasteiger charge is 2.25. The molecule has 0 radical (unpaired) electrons. The lowest BCUT2D eigenvalue weighted by Crippen LogP contribution is -2.46. The summed E-state index contributed by atoms with van der Waals surface area (Å²) in [7, 11) is 1.45. The van der Waals surface area contributed by atoms with Crippen LogP contribution in [0.5, 0.6) is 0 Å². The van der Waals surface area contributed by atoms with Crippen LogP contribution >= 0.6 is 0 Å². The Morgan fingerprint density at radius 2 is 1.86 bits per heavy atom. The average molecular weight is 393 g/mol. The van der Waals surface area contributed by atoms with Crippen molar-refractivity contribution in [3.63, 3.8) is 0 Å². The highest BCUT2D eigenvalue weighted by molar-refractivity contribution is 6.13. The summed E-state index contributed by atoms with van der Waals surface area (Å²) in [6.45, 7) is 0.0134. The monoisotopic (exact) mass is 393 g/mol. The molecule has 5 amide bonds. The first-order valence-electron chi connectivity index (χ1n) is 8.71. The summed E-state index contributed by atoms with van der Waals surface area (Å²) in [6, 6.07) is -0.764. The number of likely N-dealkylation sites (N-methyl/N-ethyl adjacent to an activating group) is 1. The van der Waals surface area contributed by atoms with Crippen molar-refractivity contribution in [3.8, 4) is 0 Å². The lowest BCUT2D eigenvalue weighted by atomic mass is 10.1. The van der Waals surface area contributed by atoms with Gasteiger partial charge in [0.25, 0.3) is 11.8 Å². The maximum atomic E-state index is 12.1. The van der Waals surface area contributed by atoms with Crippen LogP contribution < -0.4 is 16.0 Å². The topological polar surface area (TPSA) is 173 Å². The van der Waals surface area contributed by atoms with Gasteiger partial charge < -0.3 is 16.0 Å². The highest BCUT2D eigenvalue weighted by atomic mass is 16.2. The fourth-order valence-corrected chi connectivity index (χ4v) is 2.43. The summed E-state index contributed by atoms with van der Waals surface area (Å²) in [5.41, 5.74) is 8.13. The predicted molar refractivity (Wildman–Crippen MR) is 97.3 cm³/mol. The second kappa shape index (κ2) is 12.1. The van der Waals surface area contributed by atoms with E-state index in [1.807, 2.05) is 0 Å². The number of nitrogens with zero attached hydrogens (tertiary/aromatic N) is 4. The van der Waals surface area contributed by atoms with E-state index in [-0.39, 0.29) is 25.4 Å². The van der Waals surface area contributed by atoms with E-state index in [9.17, 15) is 24.0 Å². The fraction of sp³-hybridized carbons (Fsp3) is 0.562. The van der Waals surface area contributed by atoms with E-state index in [0.717, 1.165) is 17.1 Å². The molecule has 0 aromatic carbocycles. The van der Waals surface area contributed by atoms with E-state index in [0.29, 0.717) is 25.8 Å². The van der Waals surface area contributed by atoms with E-state index >= 15 is 0 Å². The van der Waals surface area contributed by atoms with E-state index in [1.165, 1.54) is 7.05 Å². The SMILES string of the molecule is CNC(=O)[C@H](CCCCNC(=O)CN=[N+]=[N-])NC(=O)CCN1C(=O)C=CC1=O. The van der Waals surface area contributed by atoms with Gasteiger partial charge in [0.1, 0.15) is 12.6 Å². The molecule has 0 aromatic rings. The number of carbonyl (C=O) groups excluding carboxylic acids is 5. The summed E-state index contributed by atoms with van der Waals surface area (Å²) in [5, 5.41) is 10.8. The van der Waals surface area contributed by atoms with Crippen molar-refractivity contribution >= 4 is 29.5 Å². The van der Waals surface area contributed by atoms with Crippen molar-refractivity contribution in [3.05, 3.63) is 22.6 Å². The lowest BCUT2D eigenvalue weighted by Gasteiger charge is -2.18. The first-order chi connectivity index (χ1) is 13.4. The summed E-state index contributed by atoms with van der Waals surface area (Å²) >= 11 is 0. The van der Waals surface area contributed by atoms with Gasteiger partial charge in [-0.3, -0.25) is 28.9 Å². The molecule has 1 atom stereocenters. The van der Waals surface area contributed by atoms with Crippen LogP contribution in [0.2, 0.25) is 0 Å². The van der Waals surface area contributed by atoms with Crippen LogP contribution in [-0.2, 0) is 24.0 Å². The molecule has 0 aromatic heterocycles. The number of hydrogen-bond acceptors (Lipinski definition) is 6. The lowest BCUT2D eigenvalue weighted by molar-refractivity contribution is -0.137. The van der Waals surface area contributed by atoms with E-state index in [4.69, 9.17) is 5.53 Å². The number of imide groups is 1. The molecular formula is C16H23N7O5. The Kier molecular flexibility index (Phi) is 9.76. The van der Waals surface area contributed by atoms with E-state index < -0.39 is 29.7 Å². The molecule has 28 heavy (non-hydrogen) atoms. The molecular weight excluding hydrogens is 370 g/mol. The summed E-state index contributed by atoms with van der Waals surface area (Å²) < 4.78 is 0. The zero-order valence-corrected chi connectivity index (χ0v) is 15.5. The number of azide groups is 1.